The highest BCUT2D eigenvalue weighted by Gasteiger charge is 2.30. The third-order valence-corrected chi connectivity index (χ3v) is 4.23. The third-order valence-electron chi connectivity index (χ3n) is 4.23. The quantitative estimate of drug-likeness (QED) is 0.867. The zero-order chi connectivity index (χ0) is 15.6. The van der Waals surface area contributed by atoms with Crippen LogP contribution in [0.5, 0.6) is 0 Å². The molecule has 0 radical (unpaired) electrons. The Labute approximate surface area is 124 Å². The van der Waals surface area contributed by atoms with Crippen LogP contribution in [0.3, 0.4) is 0 Å². The smallest absolute Gasteiger partial charge is 0.313 e. The van der Waals surface area contributed by atoms with Crippen LogP contribution in [-0.4, -0.2) is 35.1 Å². The van der Waals surface area contributed by atoms with Crippen LogP contribution in [0, 0.1) is 5.92 Å². The van der Waals surface area contributed by atoms with Crippen molar-refractivity contribution in [3.05, 3.63) is 23.9 Å². The molecular weight excluding hydrogens is 270 g/mol. The van der Waals surface area contributed by atoms with E-state index in [9.17, 15) is 14.7 Å². The molecule has 2 rings (SSSR count). The van der Waals surface area contributed by atoms with Crippen molar-refractivity contribution in [3.63, 3.8) is 0 Å². The number of primary amides is 1. The second-order valence-corrected chi connectivity index (χ2v) is 6.00. The first kappa shape index (κ1) is 15.3. The fraction of sp³-hybridized carbons (Fsp3) is 0.533. The van der Waals surface area contributed by atoms with Crippen LogP contribution in [-0.2, 0) is 15.0 Å². The van der Waals surface area contributed by atoms with Crippen molar-refractivity contribution in [2.24, 2.45) is 11.7 Å². The normalized spacial score (nSPS) is 16.8. The number of carbonyl (C=O) groups excluding carboxylic acids is 1. The van der Waals surface area contributed by atoms with Crippen LogP contribution in [0.1, 0.15) is 32.3 Å². The number of pyridine rings is 1. The van der Waals surface area contributed by atoms with Gasteiger partial charge < -0.3 is 15.7 Å². The van der Waals surface area contributed by atoms with Crippen LogP contribution in [0.15, 0.2) is 18.3 Å². The number of rotatable bonds is 4. The summed E-state index contributed by atoms with van der Waals surface area (Å²) in [6, 6.07) is 3.64. The van der Waals surface area contributed by atoms with E-state index in [0.29, 0.717) is 5.56 Å². The number of nitrogens with two attached hydrogens (primary N) is 1. The lowest BCUT2D eigenvalue weighted by atomic mass is 9.86. The van der Waals surface area contributed by atoms with E-state index in [1.807, 2.05) is 6.07 Å². The van der Waals surface area contributed by atoms with E-state index in [1.54, 1.807) is 26.1 Å². The molecular formula is C15H21N3O3. The summed E-state index contributed by atoms with van der Waals surface area (Å²) >= 11 is 0. The van der Waals surface area contributed by atoms with Crippen LogP contribution in [0.4, 0.5) is 5.82 Å². The molecule has 0 aliphatic carbocycles. The summed E-state index contributed by atoms with van der Waals surface area (Å²) in [6.45, 7) is 4.79. The summed E-state index contributed by atoms with van der Waals surface area (Å²) in [5.74, 6) is -0.352. The van der Waals surface area contributed by atoms with Gasteiger partial charge in [0.25, 0.3) is 0 Å². The van der Waals surface area contributed by atoms with Crippen molar-refractivity contribution in [1.82, 2.24) is 4.98 Å². The minimum atomic E-state index is -0.954. The highest BCUT2D eigenvalue weighted by Crippen LogP contribution is 2.26. The van der Waals surface area contributed by atoms with E-state index < -0.39 is 11.4 Å². The number of amides is 1. The lowest BCUT2D eigenvalue weighted by molar-refractivity contribution is -0.142. The minimum Gasteiger partial charge on any atom is -0.481 e. The van der Waals surface area contributed by atoms with Gasteiger partial charge in [0.2, 0.25) is 5.91 Å². The Morgan fingerprint density at radius 1 is 1.33 bits per heavy atom. The summed E-state index contributed by atoms with van der Waals surface area (Å²) in [5, 5.41) is 9.21. The van der Waals surface area contributed by atoms with E-state index in [1.165, 1.54) is 0 Å². The molecule has 21 heavy (non-hydrogen) atoms. The molecule has 1 amide bonds. The number of nitrogens with zero attached hydrogens (tertiary/aromatic N) is 2. The summed E-state index contributed by atoms with van der Waals surface area (Å²) in [7, 11) is 0. The summed E-state index contributed by atoms with van der Waals surface area (Å²) in [5.41, 5.74) is 5.04. The lowest BCUT2D eigenvalue weighted by Crippen LogP contribution is -2.39. The Bertz CT molecular complexity index is 532. The molecule has 0 unspecified atom stereocenters. The molecule has 6 heteroatoms. The van der Waals surface area contributed by atoms with Crippen molar-refractivity contribution in [2.75, 3.05) is 18.0 Å². The summed E-state index contributed by atoms with van der Waals surface area (Å²) < 4.78 is 0. The van der Waals surface area contributed by atoms with Crippen molar-refractivity contribution < 1.29 is 14.7 Å². The molecule has 6 nitrogen and oxygen atoms in total. The van der Waals surface area contributed by atoms with Gasteiger partial charge in [0, 0.05) is 25.2 Å². The Hall–Kier alpha value is -2.11. The summed E-state index contributed by atoms with van der Waals surface area (Å²) in [4.78, 5) is 28.8. The van der Waals surface area contributed by atoms with Gasteiger partial charge in [0.05, 0.1) is 5.41 Å². The molecule has 3 N–H and O–H groups in total. The maximum Gasteiger partial charge on any atom is 0.313 e. The van der Waals surface area contributed by atoms with E-state index in [4.69, 9.17) is 5.73 Å². The number of carboxylic acids is 1. The van der Waals surface area contributed by atoms with Crippen LogP contribution >= 0.6 is 0 Å². The third kappa shape index (κ3) is 3.15. The average molecular weight is 291 g/mol. The van der Waals surface area contributed by atoms with E-state index in [2.05, 4.69) is 9.88 Å². The predicted octanol–water partition coefficient (Wildman–Crippen LogP) is 1.15. The van der Waals surface area contributed by atoms with Gasteiger partial charge in [-0.3, -0.25) is 9.59 Å². The fourth-order valence-electron chi connectivity index (χ4n) is 2.46. The number of piperidine rings is 1. The molecule has 1 aromatic rings. The zero-order valence-corrected chi connectivity index (χ0v) is 12.4. The molecule has 1 fully saturated rings. The molecule has 0 atom stereocenters. The van der Waals surface area contributed by atoms with E-state index in [-0.39, 0.29) is 11.8 Å². The lowest BCUT2D eigenvalue weighted by Gasteiger charge is -2.31. The van der Waals surface area contributed by atoms with Gasteiger partial charge in [-0.2, -0.15) is 0 Å². The van der Waals surface area contributed by atoms with Gasteiger partial charge in [-0.15, -0.1) is 0 Å². The van der Waals surface area contributed by atoms with Crippen molar-refractivity contribution in [1.29, 1.82) is 0 Å². The van der Waals surface area contributed by atoms with Crippen molar-refractivity contribution in [2.45, 2.75) is 32.1 Å². The van der Waals surface area contributed by atoms with Gasteiger partial charge in [-0.1, -0.05) is 6.07 Å². The zero-order valence-electron chi connectivity index (χ0n) is 12.4. The minimum absolute atomic E-state index is 0.0496. The Morgan fingerprint density at radius 3 is 2.38 bits per heavy atom. The second kappa shape index (κ2) is 5.71. The van der Waals surface area contributed by atoms with Gasteiger partial charge in [0.1, 0.15) is 5.82 Å². The topological polar surface area (TPSA) is 96.5 Å². The maximum absolute atomic E-state index is 11.2. The number of aromatic nitrogens is 1. The van der Waals surface area contributed by atoms with E-state index in [0.717, 1.165) is 31.7 Å². The average Bonchev–Trinajstić information content (AvgIpc) is 2.47. The highest BCUT2D eigenvalue weighted by molar-refractivity contribution is 5.80. The first-order valence-corrected chi connectivity index (χ1v) is 7.06. The molecule has 0 aromatic carbocycles. The number of hydrogen-bond acceptors (Lipinski definition) is 4. The molecule has 0 bridgehead atoms. The Morgan fingerprint density at radius 2 is 1.95 bits per heavy atom. The summed E-state index contributed by atoms with van der Waals surface area (Å²) in [6.07, 6.45) is 3.09. The van der Waals surface area contributed by atoms with Crippen LogP contribution in [0.2, 0.25) is 0 Å². The van der Waals surface area contributed by atoms with Gasteiger partial charge in [-0.25, -0.2) is 4.98 Å². The highest BCUT2D eigenvalue weighted by atomic mass is 16.4. The molecule has 2 heterocycles. The molecule has 0 saturated carbocycles. The molecule has 1 aliphatic rings. The van der Waals surface area contributed by atoms with E-state index >= 15 is 0 Å². The van der Waals surface area contributed by atoms with Gasteiger partial charge in [-0.05, 0) is 38.3 Å². The molecule has 0 spiro atoms. The standard InChI is InChI=1S/C15H21N3O3/c1-15(2,14(20)21)11-3-4-12(17-9-11)18-7-5-10(6-8-18)13(16)19/h3-4,9-10H,5-8H2,1-2H3,(H2,16,19)(H,20,21). The molecule has 1 saturated heterocycles. The molecule has 114 valence electrons. The number of carboxylic acid groups (broad SMARTS) is 1. The number of carbonyl (C=O) groups is 2. The van der Waals surface area contributed by atoms with Crippen LogP contribution in [0.25, 0.3) is 0 Å². The number of anilines is 1. The fourth-order valence-corrected chi connectivity index (χ4v) is 2.46. The first-order valence-electron chi connectivity index (χ1n) is 7.06. The number of hydrogen-bond donors (Lipinski definition) is 2. The van der Waals surface area contributed by atoms with Crippen molar-refractivity contribution in [3.8, 4) is 0 Å². The first-order chi connectivity index (χ1) is 9.82. The van der Waals surface area contributed by atoms with Gasteiger partial charge in [0.15, 0.2) is 0 Å². The molecule has 1 aromatic heterocycles. The van der Waals surface area contributed by atoms with Crippen molar-refractivity contribution >= 4 is 17.7 Å². The second-order valence-electron chi connectivity index (χ2n) is 6.00. The Balaban J connectivity index is 2.07. The predicted molar refractivity (Wildman–Crippen MR) is 79.0 cm³/mol. The number of aliphatic carboxylic acids is 1. The SMILES string of the molecule is CC(C)(C(=O)O)c1ccc(N2CCC(C(N)=O)CC2)nc1. The Kier molecular flexibility index (Phi) is 4.16. The van der Waals surface area contributed by atoms with Crippen LogP contribution < -0.4 is 10.6 Å². The maximum atomic E-state index is 11.2. The molecule has 1 aliphatic heterocycles. The monoisotopic (exact) mass is 291 g/mol. The largest absolute Gasteiger partial charge is 0.481 e. The van der Waals surface area contributed by atoms with Gasteiger partial charge >= 0.3 is 5.97 Å².